The molecular formula is C14H20N4O4. The van der Waals surface area contributed by atoms with Gasteiger partial charge in [-0.1, -0.05) is 0 Å². The number of carbonyl (C=O) groups is 1. The van der Waals surface area contributed by atoms with Crippen LogP contribution in [-0.2, 0) is 13.1 Å². The summed E-state index contributed by atoms with van der Waals surface area (Å²) in [5.74, 6) is 0.00476. The number of aliphatic hydroxyl groups is 1. The van der Waals surface area contributed by atoms with Crippen LogP contribution in [0.4, 0.5) is 0 Å². The van der Waals surface area contributed by atoms with Gasteiger partial charge in [0, 0.05) is 31.4 Å². The summed E-state index contributed by atoms with van der Waals surface area (Å²) in [6.07, 6.45) is 3.57. The molecule has 0 radical (unpaired) electrons. The smallest absolute Gasteiger partial charge is 0.292 e. The maximum Gasteiger partial charge on any atom is 0.292 e. The first-order chi connectivity index (χ1) is 10.7. The topological polar surface area (TPSA) is 93.6 Å². The molecule has 8 nitrogen and oxygen atoms in total. The normalized spacial score (nSPS) is 10.7. The number of rotatable bonds is 8. The van der Waals surface area contributed by atoms with E-state index in [4.69, 9.17) is 14.4 Å². The van der Waals surface area contributed by atoms with E-state index in [9.17, 15) is 4.79 Å². The Bertz CT molecular complexity index is 608. The van der Waals surface area contributed by atoms with Gasteiger partial charge in [0.2, 0.25) is 5.76 Å². The van der Waals surface area contributed by atoms with Crippen LogP contribution in [0.2, 0.25) is 0 Å². The van der Waals surface area contributed by atoms with Gasteiger partial charge in [0.1, 0.15) is 0 Å². The molecular weight excluding hydrogens is 288 g/mol. The highest BCUT2D eigenvalue weighted by atomic mass is 16.5. The maximum atomic E-state index is 12.4. The Labute approximate surface area is 128 Å². The van der Waals surface area contributed by atoms with Gasteiger partial charge in [0.05, 0.1) is 25.5 Å². The molecule has 22 heavy (non-hydrogen) atoms. The lowest BCUT2D eigenvalue weighted by molar-refractivity contribution is 0.0666. The molecule has 0 fully saturated rings. The summed E-state index contributed by atoms with van der Waals surface area (Å²) in [5.41, 5.74) is 0.883. The number of amides is 1. The van der Waals surface area contributed by atoms with E-state index in [2.05, 4.69) is 10.3 Å². The Morgan fingerprint density at radius 3 is 2.95 bits per heavy atom. The van der Waals surface area contributed by atoms with E-state index in [1.54, 1.807) is 10.9 Å². The van der Waals surface area contributed by atoms with Crippen LogP contribution >= 0.6 is 0 Å². The molecule has 0 saturated heterocycles. The molecule has 0 aliphatic rings. The minimum absolute atomic E-state index is 0.0831. The number of aryl methyl sites for hydroxylation is 1. The first kappa shape index (κ1) is 16.0. The van der Waals surface area contributed by atoms with E-state index >= 15 is 0 Å². The van der Waals surface area contributed by atoms with Crippen LogP contribution in [0.1, 0.15) is 30.0 Å². The van der Waals surface area contributed by atoms with Gasteiger partial charge in [-0.2, -0.15) is 5.10 Å². The quantitative estimate of drug-likeness (QED) is 0.779. The standard InChI is InChI=1S/C14H20N4O4/c1-3-18-10-11(8-15-18)9-17(5-6-19)14(20)12-7-13(16-22-12)21-4-2/h7-8,10,19H,3-6,9H2,1-2H3. The van der Waals surface area contributed by atoms with Crippen LogP contribution in [0.5, 0.6) is 5.88 Å². The number of aliphatic hydroxyl groups excluding tert-OH is 1. The Morgan fingerprint density at radius 2 is 2.32 bits per heavy atom. The van der Waals surface area contributed by atoms with Crippen molar-refractivity contribution in [3.05, 3.63) is 29.8 Å². The summed E-state index contributed by atoms with van der Waals surface area (Å²) in [6, 6.07) is 1.45. The largest absolute Gasteiger partial charge is 0.476 e. The van der Waals surface area contributed by atoms with E-state index < -0.39 is 0 Å². The molecule has 1 N–H and O–H groups in total. The van der Waals surface area contributed by atoms with Crippen LogP contribution in [0, 0.1) is 0 Å². The van der Waals surface area contributed by atoms with Crippen LogP contribution < -0.4 is 4.74 Å². The first-order valence-electron chi connectivity index (χ1n) is 7.18. The van der Waals surface area contributed by atoms with Gasteiger partial charge >= 0.3 is 0 Å². The molecule has 0 spiro atoms. The predicted octanol–water partition coefficient (Wildman–Crippen LogP) is 0.924. The highest BCUT2D eigenvalue weighted by Crippen LogP contribution is 2.15. The first-order valence-corrected chi connectivity index (χ1v) is 7.18. The summed E-state index contributed by atoms with van der Waals surface area (Å²) in [4.78, 5) is 13.9. The minimum Gasteiger partial charge on any atom is -0.476 e. The Morgan fingerprint density at radius 1 is 1.50 bits per heavy atom. The van der Waals surface area contributed by atoms with Gasteiger partial charge in [-0.3, -0.25) is 9.48 Å². The molecule has 0 saturated carbocycles. The van der Waals surface area contributed by atoms with Crippen molar-refractivity contribution in [3.63, 3.8) is 0 Å². The van der Waals surface area contributed by atoms with E-state index in [1.807, 2.05) is 20.0 Å². The van der Waals surface area contributed by atoms with E-state index in [1.165, 1.54) is 11.0 Å². The number of nitrogens with zero attached hydrogens (tertiary/aromatic N) is 4. The fourth-order valence-corrected chi connectivity index (χ4v) is 1.99. The van der Waals surface area contributed by atoms with Gasteiger partial charge in [-0.05, 0) is 19.0 Å². The number of carbonyl (C=O) groups excluding carboxylic acids is 1. The average molecular weight is 308 g/mol. The molecule has 0 unspecified atom stereocenters. The second-order valence-corrected chi connectivity index (χ2v) is 4.62. The highest BCUT2D eigenvalue weighted by molar-refractivity contribution is 5.91. The molecule has 0 atom stereocenters. The predicted molar refractivity (Wildman–Crippen MR) is 77.4 cm³/mol. The molecule has 0 aromatic carbocycles. The summed E-state index contributed by atoms with van der Waals surface area (Å²) < 4.78 is 12.0. The molecule has 0 aliphatic carbocycles. The lowest BCUT2D eigenvalue weighted by Gasteiger charge is -2.19. The molecule has 2 aromatic rings. The maximum absolute atomic E-state index is 12.4. The Balaban J connectivity index is 2.09. The van der Waals surface area contributed by atoms with Crippen LogP contribution in [0.25, 0.3) is 0 Å². The molecule has 2 heterocycles. The van der Waals surface area contributed by atoms with Crippen molar-refractivity contribution in [2.45, 2.75) is 26.9 Å². The van der Waals surface area contributed by atoms with E-state index in [-0.39, 0.29) is 30.7 Å². The second kappa shape index (κ2) is 7.60. The monoisotopic (exact) mass is 308 g/mol. The van der Waals surface area contributed by atoms with Gasteiger partial charge < -0.3 is 19.3 Å². The van der Waals surface area contributed by atoms with Gasteiger partial charge in [0.15, 0.2) is 0 Å². The zero-order valence-corrected chi connectivity index (χ0v) is 12.7. The SMILES string of the molecule is CCOc1cc(C(=O)N(CCO)Cc2cnn(CC)c2)on1. The van der Waals surface area contributed by atoms with Crippen molar-refractivity contribution in [1.29, 1.82) is 0 Å². The molecule has 2 rings (SSSR count). The van der Waals surface area contributed by atoms with Crippen molar-refractivity contribution < 1.29 is 19.2 Å². The number of hydrogen-bond acceptors (Lipinski definition) is 6. The molecule has 0 aliphatic heterocycles. The van der Waals surface area contributed by atoms with Crippen molar-refractivity contribution in [2.75, 3.05) is 19.8 Å². The number of hydrogen-bond donors (Lipinski definition) is 1. The molecule has 2 aromatic heterocycles. The Kier molecular flexibility index (Phi) is 5.54. The summed E-state index contributed by atoms with van der Waals surface area (Å²) >= 11 is 0. The second-order valence-electron chi connectivity index (χ2n) is 4.62. The van der Waals surface area contributed by atoms with Crippen LogP contribution in [0.15, 0.2) is 23.0 Å². The molecule has 1 amide bonds. The van der Waals surface area contributed by atoms with Gasteiger partial charge in [-0.15, -0.1) is 0 Å². The fraction of sp³-hybridized carbons (Fsp3) is 0.500. The fourth-order valence-electron chi connectivity index (χ4n) is 1.99. The van der Waals surface area contributed by atoms with Crippen molar-refractivity contribution >= 4 is 5.91 Å². The average Bonchev–Trinajstić information content (AvgIpc) is 3.15. The third-order valence-electron chi connectivity index (χ3n) is 3.03. The van der Waals surface area contributed by atoms with Crippen molar-refractivity contribution in [3.8, 4) is 5.88 Å². The van der Waals surface area contributed by atoms with Gasteiger partial charge in [-0.25, -0.2) is 0 Å². The number of ether oxygens (including phenoxy) is 1. The van der Waals surface area contributed by atoms with Crippen molar-refractivity contribution in [2.24, 2.45) is 0 Å². The summed E-state index contributed by atoms with van der Waals surface area (Å²) in [6.45, 7) is 5.40. The molecule has 120 valence electrons. The number of aromatic nitrogens is 3. The summed E-state index contributed by atoms with van der Waals surface area (Å²) in [7, 11) is 0. The lowest BCUT2D eigenvalue weighted by Crippen LogP contribution is -2.32. The Hall–Kier alpha value is -2.35. The van der Waals surface area contributed by atoms with Crippen molar-refractivity contribution in [1.82, 2.24) is 19.8 Å². The zero-order chi connectivity index (χ0) is 15.9. The third kappa shape index (κ3) is 3.85. The van der Waals surface area contributed by atoms with Crippen LogP contribution in [-0.4, -0.2) is 50.6 Å². The minimum atomic E-state index is -0.350. The zero-order valence-electron chi connectivity index (χ0n) is 12.7. The highest BCUT2D eigenvalue weighted by Gasteiger charge is 2.21. The van der Waals surface area contributed by atoms with Gasteiger partial charge in [0.25, 0.3) is 11.8 Å². The van der Waals surface area contributed by atoms with E-state index in [0.717, 1.165) is 12.1 Å². The third-order valence-corrected chi connectivity index (χ3v) is 3.03. The summed E-state index contributed by atoms with van der Waals surface area (Å²) in [5, 5.41) is 17.0. The molecule has 8 heteroatoms. The molecule has 0 bridgehead atoms. The van der Waals surface area contributed by atoms with Crippen LogP contribution in [0.3, 0.4) is 0 Å². The van der Waals surface area contributed by atoms with E-state index in [0.29, 0.717) is 13.2 Å². The lowest BCUT2D eigenvalue weighted by atomic mass is 10.3.